The van der Waals surface area contributed by atoms with Crippen LogP contribution in [-0.4, -0.2) is 54.3 Å². The largest absolute Gasteiger partial charge is 0.350 e. The topological polar surface area (TPSA) is 79.7 Å². The molecule has 0 spiro atoms. The predicted molar refractivity (Wildman–Crippen MR) is 136 cm³/mol. The van der Waals surface area contributed by atoms with Crippen molar-refractivity contribution in [3.05, 3.63) is 76.1 Å². The fraction of sp³-hybridized carbons (Fsp3) is 0.407. The number of amides is 1. The van der Waals surface area contributed by atoms with Crippen LogP contribution in [0.1, 0.15) is 41.6 Å². The third-order valence-corrected chi connectivity index (χ3v) is 9.26. The number of hydrogen-bond acceptors (Lipinski definition) is 4. The molecule has 3 heterocycles. The summed E-state index contributed by atoms with van der Waals surface area (Å²) in [6.07, 6.45) is 6.05. The lowest BCUT2D eigenvalue weighted by molar-refractivity contribution is 0.0688. The molecule has 0 aliphatic carbocycles. The molecule has 2 saturated heterocycles. The van der Waals surface area contributed by atoms with Gasteiger partial charge in [0.05, 0.1) is 10.4 Å². The summed E-state index contributed by atoms with van der Waals surface area (Å²) in [5, 5.41) is 0.262. The van der Waals surface area contributed by atoms with Crippen molar-refractivity contribution in [1.82, 2.24) is 13.8 Å². The van der Waals surface area contributed by atoms with E-state index in [0.717, 1.165) is 32.1 Å². The number of nitrogens with zero attached hydrogens (tertiary/aromatic N) is 3. The van der Waals surface area contributed by atoms with Crippen LogP contribution in [0.15, 0.2) is 64.4 Å². The Bertz CT molecular complexity index is 1400. The number of piperidine rings is 1. The van der Waals surface area contributed by atoms with Gasteiger partial charge in [0.25, 0.3) is 5.91 Å². The number of hydrogen-bond donors (Lipinski definition) is 0. The molecule has 0 unspecified atom stereocenters. The molecule has 184 valence electrons. The van der Waals surface area contributed by atoms with Crippen LogP contribution in [0.25, 0.3) is 10.9 Å². The Morgan fingerprint density at radius 3 is 2.34 bits per heavy atom. The number of sulfonamides is 1. The summed E-state index contributed by atoms with van der Waals surface area (Å²) in [6, 6.07) is 15.0. The zero-order valence-corrected chi connectivity index (χ0v) is 20.8. The van der Waals surface area contributed by atoms with Crippen LogP contribution in [0.3, 0.4) is 0 Å². The number of carbonyl (C=O) groups is 1. The molecule has 7 nitrogen and oxygen atoms in total. The van der Waals surface area contributed by atoms with Crippen molar-refractivity contribution in [1.29, 1.82) is 0 Å². The summed E-state index contributed by atoms with van der Waals surface area (Å²) in [5.41, 5.74) is 1.60. The van der Waals surface area contributed by atoms with Crippen molar-refractivity contribution in [3.8, 4) is 0 Å². The molecule has 1 aromatic heterocycles. The number of fused-ring (bicyclic) bond motifs is 1. The Morgan fingerprint density at radius 2 is 1.66 bits per heavy atom. The molecule has 0 atom stereocenters. The minimum Gasteiger partial charge on any atom is -0.350 e. The van der Waals surface area contributed by atoms with E-state index in [9.17, 15) is 18.0 Å². The van der Waals surface area contributed by atoms with Crippen LogP contribution >= 0.6 is 0 Å². The Labute approximate surface area is 206 Å². The summed E-state index contributed by atoms with van der Waals surface area (Å²) in [7, 11) is -1.88. The molecule has 5 rings (SSSR count). The van der Waals surface area contributed by atoms with E-state index >= 15 is 0 Å². The number of aromatic nitrogens is 1. The molecule has 0 N–H and O–H groups in total. The van der Waals surface area contributed by atoms with Crippen LogP contribution in [0.4, 0.5) is 0 Å². The first-order valence-electron chi connectivity index (χ1n) is 12.3. The van der Waals surface area contributed by atoms with Crippen LogP contribution in [0.2, 0.25) is 0 Å². The molecule has 3 aromatic rings. The van der Waals surface area contributed by atoms with Gasteiger partial charge in [-0.15, -0.1) is 0 Å². The highest BCUT2D eigenvalue weighted by molar-refractivity contribution is 7.89. The van der Waals surface area contributed by atoms with E-state index in [1.165, 1.54) is 15.9 Å². The van der Waals surface area contributed by atoms with Gasteiger partial charge in [0.1, 0.15) is 5.56 Å². The Kier molecular flexibility index (Phi) is 6.51. The molecule has 8 heteroatoms. The molecule has 35 heavy (non-hydrogen) atoms. The molecule has 2 aliphatic heterocycles. The third-order valence-electron chi connectivity index (χ3n) is 7.36. The van der Waals surface area contributed by atoms with Crippen molar-refractivity contribution in [2.24, 2.45) is 13.0 Å². The van der Waals surface area contributed by atoms with Gasteiger partial charge in [-0.2, -0.15) is 4.31 Å². The number of carbonyl (C=O) groups excluding carboxylic acids is 1. The van der Waals surface area contributed by atoms with Gasteiger partial charge in [0, 0.05) is 44.8 Å². The number of benzene rings is 2. The van der Waals surface area contributed by atoms with Crippen LogP contribution in [0, 0.1) is 5.92 Å². The lowest BCUT2D eigenvalue weighted by Gasteiger charge is -2.32. The van der Waals surface area contributed by atoms with Gasteiger partial charge in [-0.1, -0.05) is 30.3 Å². The SMILES string of the molecule is Cn1cc(C(=O)N2CCC(Cc3ccccc3)CC2)c(=O)c2cc(S(=O)(=O)N3CCCC3)ccc21. The second-order valence-electron chi connectivity index (χ2n) is 9.70. The summed E-state index contributed by atoms with van der Waals surface area (Å²) in [6.45, 7) is 2.22. The molecule has 0 saturated carbocycles. The minimum absolute atomic E-state index is 0.0947. The summed E-state index contributed by atoms with van der Waals surface area (Å²) in [4.78, 5) is 28.6. The standard InChI is InChI=1S/C27H31N3O4S/c1-28-19-24(27(32)29-15-11-21(12-16-29)17-20-7-3-2-4-8-20)26(31)23-18-22(9-10-25(23)28)35(33,34)30-13-5-6-14-30/h2-4,7-10,18-19,21H,5-6,11-17H2,1H3. The molecule has 2 fully saturated rings. The second kappa shape index (κ2) is 9.59. The van der Waals surface area contributed by atoms with Gasteiger partial charge >= 0.3 is 0 Å². The van der Waals surface area contributed by atoms with E-state index in [4.69, 9.17) is 0 Å². The van der Waals surface area contributed by atoms with Crippen LogP contribution < -0.4 is 5.43 Å². The monoisotopic (exact) mass is 493 g/mol. The van der Waals surface area contributed by atoms with Crippen molar-refractivity contribution in [2.45, 2.75) is 37.0 Å². The average molecular weight is 494 g/mol. The number of aryl methyl sites for hydroxylation is 1. The summed E-state index contributed by atoms with van der Waals surface area (Å²) < 4.78 is 29.3. The lowest BCUT2D eigenvalue weighted by atomic mass is 9.90. The first-order valence-corrected chi connectivity index (χ1v) is 13.8. The van der Waals surface area contributed by atoms with Gasteiger partial charge in [0.2, 0.25) is 15.5 Å². The third kappa shape index (κ3) is 4.65. The Hall–Kier alpha value is -2.97. The first-order chi connectivity index (χ1) is 16.8. The van der Waals surface area contributed by atoms with Gasteiger partial charge in [-0.3, -0.25) is 9.59 Å². The normalized spacial score (nSPS) is 17.8. The molecule has 2 aliphatic rings. The zero-order valence-electron chi connectivity index (χ0n) is 20.0. The van der Waals surface area contributed by atoms with Gasteiger partial charge in [0.15, 0.2) is 0 Å². The van der Waals surface area contributed by atoms with Crippen molar-refractivity contribution in [3.63, 3.8) is 0 Å². The second-order valence-corrected chi connectivity index (χ2v) is 11.6. The summed E-state index contributed by atoms with van der Waals surface area (Å²) in [5.74, 6) is 0.234. The number of likely N-dealkylation sites (tertiary alicyclic amines) is 1. The quantitative estimate of drug-likeness (QED) is 0.546. The first kappa shape index (κ1) is 23.8. The molecular weight excluding hydrogens is 462 g/mol. The molecular formula is C27H31N3O4S. The lowest BCUT2D eigenvalue weighted by Crippen LogP contribution is -2.41. The van der Waals surface area contributed by atoms with Crippen molar-refractivity contribution < 1.29 is 13.2 Å². The van der Waals surface area contributed by atoms with Gasteiger partial charge in [-0.25, -0.2) is 8.42 Å². The van der Waals surface area contributed by atoms with E-state index < -0.39 is 15.5 Å². The molecule has 0 radical (unpaired) electrons. The number of pyridine rings is 1. The fourth-order valence-corrected chi connectivity index (χ4v) is 6.86. The molecule has 0 bridgehead atoms. The maximum Gasteiger partial charge on any atom is 0.259 e. The highest BCUT2D eigenvalue weighted by atomic mass is 32.2. The van der Waals surface area contributed by atoms with Crippen LogP contribution in [0.5, 0.6) is 0 Å². The highest BCUT2D eigenvalue weighted by Crippen LogP contribution is 2.25. The maximum atomic E-state index is 13.4. The van der Waals surface area contributed by atoms with Crippen molar-refractivity contribution >= 4 is 26.8 Å². The highest BCUT2D eigenvalue weighted by Gasteiger charge is 2.29. The minimum atomic E-state index is -3.66. The Morgan fingerprint density at radius 1 is 0.971 bits per heavy atom. The predicted octanol–water partition coefficient (Wildman–Crippen LogP) is 3.42. The average Bonchev–Trinajstić information content (AvgIpc) is 3.43. The number of rotatable bonds is 5. The van der Waals surface area contributed by atoms with Crippen molar-refractivity contribution in [2.75, 3.05) is 26.2 Å². The van der Waals surface area contributed by atoms with Gasteiger partial charge in [-0.05, 0) is 61.8 Å². The van der Waals surface area contributed by atoms with E-state index in [0.29, 0.717) is 37.6 Å². The van der Waals surface area contributed by atoms with E-state index in [1.54, 1.807) is 34.8 Å². The van der Waals surface area contributed by atoms with Crippen LogP contribution in [-0.2, 0) is 23.5 Å². The van der Waals surface area contributed by atoms with E-state index in [1.807, 2.05) is 18.2 Å². The van der Waals surface area contributed by atoms with E-state index in [-0.39, 0.29) is 21.8 Å². The zero-order chi connectivity index (χ0) is 24.6. The Balaban J connectivity index is 1.38. The van der Waals surface area contributed by atoms with Gasteiger partial charge < -0.3 is 9.47 Å². The molecule has 1 amide bonds. The maximum absolute atomic E-state index is 13.4. The summed E-state index contributed by atoms with van der Waals surface area (Å²) >= 11 is 0. The smallest absolute Gasteiger partial charge is 0.259 e. The van der Waals surface area contributed by atoms with E-state index in [2.05, 4.69) is 12.1 Å². The fourth-order valence-electron chi connectivity index (χ4n) is 5.32. The molecule has 2 aromatic carbocycles.